The van der Waals surface area contributed by atoms with Gasteiger partial charge in [-0.25, -0.2) is 4.98 Å². The number of anilines is 1. The maximum absolute atomic E-state index is 11.5. The van der Waals surface area contributed by atoms with Gasteiger partial charge in [0.15, 0.2) is 0 Å². The van der Waals surface area contributed by atoms with Gasteiger partial charge in [0, 0.05) is 24.5 Å². The van der Waals surface area contributed by atoms with Crippen molar-refractivity contribution in [1.82, 2.24) is 9.55 Å². The third-order valence-electron chi connectivity index (χ3n) is 2.74. The number of carbonyl (C=O) groups excluding carboxylic acids is 1. The summed E-state index contributed by atoms with van der Waals surface area (Å²) in [4.78, 5) is 15.8. The zero-order valence-corrected chi connectivity index (χ0v) is 10.3. The lowest BCUT2D eigenvalue weighted by Crippen LogP contribution is -2.16. The number of primary amides is 1. The van der Waals surface area contributed by atoms with Crippen molar-refractivity contribution >= 4 is 11.6 Å². The maximum Gasteiger partial charge on any atom is 0.250 e. The third kappa shape index (κ3) is 2.20. The van der Waals surface area contributed by atoms with E-state index in [1.807, 2.05) is 10.8 Å². The molecule has 0 radical (unpaired) electrons. The zero-order valence-electron chi connectivity index (χ0n) is 10.3. The number of hydrogen-bond acceptors (Lipinski definition) is 3. The summed E-state index contributed by atoms with van der Waals surface area (Å²) in [6.07, 6.45) is 5.36. The molecule has 0 unspecified atom stereocenters. The molecule has 0 saturated heterocycles. The topological polar surface area (TPSA) is 86.9 Å². The second-order valence-corrected chi connectivity index (χ2v) is 4.10. The Bertz CT molecular complexity index is 574. The van der Waals surface area contributed by atoms with Crippen LogP contribution >= 0.6 is 0 Å². The zero-order chi connectivity index (χ0) is 13.1. The van der Waals surface area contributed by atoms with Crippen LogP contribution in [0.1, 0.15) is 29.5 Å². The van der Waals surface area contributed by atoms with Crippen molar-refractivity contribution in [3.05, 3.63) is 42.0 Å². The molecule has 2 rings (SSSR count). The Labute approximate surface area is 105 Å². The van der Waals surface area contributed by atoms with E-state index in [0.29, 0.717) is 11.3 Å². The van der Waals surface area contributed by atoms with E-state index in [0.717, 1.165) is 24.4 Å². The molecule has 1 amide bonds. The van der Waals surface area contributed by atoms with Crippen LogP contribution < -0.4 is 11.5 Å². The molecule has 4 N–H and O–H groups in total. The number of imidazole rings is 1. The lowest BCUT2D eigenvalue weighted by molar-refractivity contribution is 0.100. The number of nitrogen functional groups attached to an aromatic ring is 1. The fourth-order valence-electron chi connectivity index (χ4n) is 1.92. The second-order valence-electron chi connectivity index (χ2n) is 4.10. The number of rotatable bonds is 4. The Hall–Kier alpha value is -2.30. The normalized spacial score (nSPS) is 10.5. The molecule has 0 aliphatic heterocycles. The molecule has 0 aliphatic rings. The van der Waals surface area contributed by atoms with Crippen LogP contribution in [0.3, 0.4) is 0 Å². The number of aryl methyl sites for hydroxylation is 1. The average molecular weight is 244 g/mol. The van der Waals surface area contributed by atoms with Crippen LogP contribution in [0.2, 0.25) is 0 Å². The molecular weight excluding hydrogens is 228 g/mol. The van der Waals surface area contributed by atoms with E-state index in [2.05, 4.69) is 11.9 Å². The number of benzene rings is 1. The van der Waals surface area contributed by atoms with Crippen LogP contribution in [0.5, 0.6) is 0 Å². The number of amides is 1. The Balaban J connectivity index is 2.56. The van der Waals surface area contributed by atoms with E-state index in [1.165, 1.54) is 0 Å². The first-order valence-electron chi connectivity index (χ1n) is 5.85. The van der Waals surface area contributed by atoms with Gasteiger partial charge in [-0.05, 0) is 24.6 Å². The molecule has 0 spiro atoms. The predicted octanol–water partition coefficient (Wildman–Crippen LogP) is 1.51. The lowest BCUT2D eigenvalue weighted by Gasteiger charge is -2.11. The summed E-state index contributed by atoms with van der Waals surface area (Å²) in [5.41, 5.74) is 12.7. The van der Waals surface area contributed by atoms with Crippen molar-refractivity contribution in [2.24, 2.45) is 5.73 Å². The molecule has 0 aliphatic carbocycles. The van der Waals surface area contributed by atoms with Crippen molar-refractivity contribution in [3.8, 4) is 5.69 Å². The van der Waals surface area contributed by atoms with Gasteiger partial charge in [-0.3, -0.25) is 4.79 Å². The molecule has 18 heavy (non-hydrogen) atoms. The predicted molar refractivity (Wildman–Crippen MR) is 70.5 cm³/mol. The summed E-state index contributed by atoms with van der Waals surface area (Å²) in [7, 11) is 0. The number of hydrogen-bond donors (Lipinski definition) is 2. The lowest BCUT2D eigenvalue weighted by atomic mass is 10.1. The van der Waals surface area contributed by atoms with Gasteiger partial charge in [0.05, 0.1) is 11.3 Å². The van der Waals surface area contributed by atoms with Gasteiger partial charge in [-0.15, -0.1) is 0 Å². The molecule has 0 atom stereocenters. The Kier molecular flexibility index (Phi) is 3.32. The molecular formula is C13H16N4O. The number of nitrogens with two attached hydrogens (primary N) is 2. The Morgan fingerprint density at radius 3 is 2.89 bits per heavy atom. The highest BCUT2D eigenvalue weighted by molar-refractivity contribution is 5.97. The van der Waals surface area contributed by atoms with Crippen molar-refractivity contribution < 1.29 is 4.79 Å². The average Bonchev–Trinajstić information content (AvgIpc) is 2.77. The van der Waals surface area contributed by atoms with Crippen LogP contribution in [0.25, 0.3) is 5.69 Å². The molecule has 5 nitrogen and oxygen atoms in total. The monoisotopic (exact) mass is 244 g/mol. The minimum atomic E-state index is -0.492. The van der Waals surface area contributed by atoms with Gasteiger partial charge in [-0.1, -0.05) is 6.92 Å². The fraction of sp³-hybridized carbons (Fsp3) is 0.231. The van der Waals surface area contributed by atoms with Gasteiger partial charge >= 0.3 is 0 Å². The highest BCUT2D eigenvalue weighted by Crippen LogP contribution is 2.19. The van der Waals surface area contributed by atoms with E-state index in [9.17, 15) is 4.79 Å². The minimum Gasteiger partial charge on any atom is -0.399 e. The molecule has 1 aromatic carbocycles. The van der Waals surface area contributed by atoms with Crippen LogP contribution in [0, 0.1) is 0 Å². The van der Waals surface area contributed by atoms with Gasteiger partial charge in [0.2, 0.25) is 0 Å². The van der Waals surface area contributed by atoms with Crippen LogP contribution in [-0.4, -0.2) is 15.5 Å². The number of aromatic nitrogens is 2. The quantitative estimate of drug-likeness (QED) is 0.799. The molecule has 1 aromatic heterocycles. The first kappa shape index (κ1) is 12.2. The van der Waals surface area contributed by atoms with Crippen LogP contribution in [0.4, 0.5) is 5.69 Å². The fourth-order valence-corrected chi connectivity index (χ4v) is 1.92. The summed E-state index contributed by atoms with van der Waals surface area (Å²) >= 11 is 0. The van der Waals surface area contributed by atoms with Gasteiger partial charge < -0.3 is 16.0 Å². The molecule has 1 heterocycles. The van der Waals surface area contributed by atoms with Crippen LogP contribution in [0.15, 0.2) is 30.6 Å². The van der Waals surface area contributed by atoms with Crippen LogP contribution in [-0.2, 0) is 6.42 Å². The van der Waals surface area contributed by atoms with E-state index in [4.69, 9.17) is 11.5 Å². The Morgan fingerprint density at radius 2 is 2.22 bits per heavy atom. The maximum atomic E-state index is 11.5. The van der Waals surface area contributed by atoms with E-state index >= 15 is 0 Å². The smallest absolute Gasteiger partial charge is 0.250 e. The summed E-state index contributed by atoms with van der Waals surface area (Å²) < 4.78 is 1.88. The molecule has 0 saturated carbocycles. The number of nitrogens with zero attached hydrogens (tertiary/aromatic N) is 2. The van der Waals surface area contributed by atoms with E-state index < -0.39 is 5.91 Å². The van der Waals surface area contributed by atoms with Crippen molar-refractivity contribution in [2.45, 2.75) is 19.8 Å². The summed E-state index contributed by atoms with van der Waals surface area (Å²) in [6.45, 7) is 2.08. The first-order valence-corrected chi connectivity index (χ1v) is 5.85. The largest absolute Gasteiger partial charge is 0.399 e. The summed E-state index contributed by atoms with van der Waals surface area (Å²) in [5, 5.41) is 0. The molecule has 2 aromatic rings. The van der Waals surface area contributed by atoms with E-state index in [-0.39, 0.29) is 0 Å². The third-order valence-corrected chi connectivity index (χ3v) is 2.74. The molecule has 0 bridgehead atoms. The molecule has 94 valence electrons. The molecule has 5 heteroatoms. The van der Waals surface area contributed by atoms with Gasteiger partial charge in [0.25, 0.3) is 5.91 Å². The Morgan fingerprint density at radius 1 is 1.44 bits per heavy atom. The first-order chi connectivity index (χ1) is 8.63. The standard InChI is InChI=1S/C13H16N4O/c1-2-3-12-16-6-7-17(12)11-5-4-9(14)8-10(11)13(15)18/h4-8H,2-3,14H2,1H3,(H2,15,18). The highest BCUT2D eigenvalue weighted by atomic mass is 16.1. The second kappa shape index (κ2) is 4.91. The highest BCUT2D eigenvalue weighted by Gasteiger charge is 2.12. The van der Waals surface area contributed by atoms with Crippen molar-refractivity contribution in [2.75, 3.05) is 5.73 Å². The van der Waals surface area contributed by atoms with Crippen molar-refractivity contribution in [1.29, 1.82) is 0 Å². The molecule has 0 fully saturated rings. The van der Waals surface area contributed by atoms with Gasteiger partial charge in [-0.2, -0.15) is 0 Å². The minimum absolute atomic E-state index is 0.408. The SMILES string of the molecule is CCCc1nccn1-c1ccc(N)cc1C(N)=O. The van der Waals surface area contributed by atoms with Crippen molar-refractivity contribution in [3.63, 3.8) is 0 Å². The van der Waals surface area contributed by atoms with Gasteiger partial charge in [0.1, 0.15) is 5.82 Å². The summed E-state index contributed by atoms with van der Waals surface area (Å²) in [5.74, 6) is 0.415. The summed E-state index contributed by atoms with van der Waals surface area (Å²) in [6, 6.07) is 5.13. The number of carbonyl (C=O) groups is 1. The van der Waals surface area contributed by atoms with E-state index in [1.54, 1.807) is 24.4 Å².